The SMILES string of the molecule is CC(C)Oc1cccc(S(=O)(=O)c2ccc(CNC(=O)c3cnc4[nH]ncc4c3)cc2)c1. The van der Waals surface area contributed by atoms with E-state index in [0.29, 0.717) is 17.0 Å². The number of amides is 1. The number of fused-ring (bicyclic) bond motifs is 1. The Kier molecular flexibility index (Phi) is 5.91. The van der Waals surface area contributed by atoms with Crippen molar-refractivity contribution in [3.05, 3.63) is 78.1 Å². The molecule has 0 spiro atoms. The second-order valence-electron chi connectivity index (χ2n) is 7.50. The van der Waals surface area contributed by atoms with Crippen LogP contribution in [0.25, 0.3) is 11.0 Å². The van der Waals surface area contributed by atoms with Crippen molar-refractivity contribution < 1.29 is 17.9 Å². The maximum Gasteiger partial charge on any atom is 0.253 e. The molecule has 2 heterocycles. The van der Waals surface area contributed by atoms with Crippen molar-refractivity contribution in [3.63, 3.8) is 0 Å². The van der Waals surface area contributed by atoms with E-state index >= 15 is 0 Å². The molecular formula is C23H22N4O4S. The third-order valence-corrected chi connectivity index (χ3v) is 6.50. The van der Waals surface area contributed by atoms with Crippen LogP contribution in [0.5, 0.6) is 5.75 Å². The Morgan fingerprint density at radius 1 is 1.06 bits per heavy atom. The van der Waals surface area contributed by atoms with E-state index in [1.807, 2.05) is 13.8 Å². The number of hydrogen-bond donors (Lipinski definition) is 2. The van der Waals surface area contributed by atoms with Crippen molar-refractivity contribution in [2.45, 2.75) is 36.3 Å². The molecule has 0 aliphatic rings. The lowest BCUT2D eigenvalue weighted by atomic mass is 10.2. The van der Waals surface area contributed by atoms with E-state index in [2.05, 4.69) is 20.5 Å². The molecule has 8 nitrogen and oxygen atoms in total. The molecule has 0 atom stereocenters. The first-order valence-electron chi connectivity index (χ1n) is 10.0. The quantitative estimate of drug-likeness (QED) is 0.445. The Morgan fingerprint density at radius 2 is 1.84 bits per heavy atom. The minimum atomic E-state index is -3.69. The smallest absolute Gasteiger partial charge is 0.253 e. The summed E-state index contributed by atoms with van der Waals surface area (Å²) in [6.07, 6.45) is 3.02. The monoisotopic (exact) mass is 450 g/mol. The zero-order valence-corrected chi connectivity index (χ0v) is 18.4. The number of sulfone groups is 1. The van der Waals surface area contributed by atoms with Gasteiger partial charge in [-0.3, -0.25) is 9.89 Å². The van der Waals surface area contributed by atoms with E-state index in [0.717, 1.165) is 10.9 Å². The lowest BCUT2D eigenvalue weighted by Crippen LogP contribution is -2.22. The number of aromatic amines is 1. The fraction of sp³-hybridized carbons (Fsp3) is 0.174. The lowest BCUT2D eigenvalue weighted by Gasteiger charge is -2.11. The molecule has 2 aromatic carbocycles. The Balaban J connectivity index is 1.45. The van der Waals surface area contributed by atoms with Crippen molar-refractivity contribution >= 4 is 26.8 Å². The number of ether oxygens (including phenoxy) is 1. The average molecular weight is 451 g/mol. The van der Waals surface area contributed by atoms with Gasteiger partial charge in [-0.15, -0.1) is 0 Å². The highest BCUT2D eigenvalue weighted by Crippen LogP contribution is 2.25. The Hall–Kier alpha value is -3.72. The van der Waals surface area contributed by atoms with E-state index in [-0.39, 0.29) is 28.3 Å². The second kappa shape index (κ2) is 8.80. The van der Waals surface area contributed by atoms with E-state index in [9.17, 15) is 13.2 Å². The van der Waals surface area contributed by atoms with Crippen molar-refractivity contribution in [2.75, 3.05) is 0 Å². The number of hydrogen-bond acceptors (Lipinski definition) is 6. The van der Waals surface area contributed by atoms with Crippen LogP contribution in [0.2, 0.25) is 0 Å². The number of carbonyl (C=O) groups is 1. The molecule has 1 amide bonds. The Labute approximate surface area is 185 Å². The van der Waals surface area contributed by atoms with Gasteiger partial charge in [0.1, 0.15) is 5.75 Å². The molecule has 0 saturated heterocycles. The van der Waals surface area contributed by atoms with Gasteiger partial charge in [-0.1, -0.05) is 18.2 Å². The van der Waals surface area contributed by atoms with Gasteiger partial charge >= 0.3 is 0 Å². The number of H-pyrrole nitrogens is 1. The molecule has 9 heteroatoms. The molecule has 0 bridgehead atoms. The van der Waals surface area contributed by atoms with Crippen LogP contribution in [-0.2, 0) is 16.4 Å². The highest BCUT2D eigenvalue weighted by molar-refractivity contribution is 7.91. The number of pyridine rings is 1. The van der Waals surface area contributed by atoms with Crippen molar-refractivity contribution in [1.29, 1.82) is 0 Å². The third-order valence-electron chi connectivity index (χ3n) is 4.73. The van der Waals surface area contributed by atoms with Crippen LogP contribution in [0, 0.1) is 0 Å². The Bertz CT molecular complexity index is 1360. The van der Waals surface area contributed by atoms with Gasteiger partial charge < -0.3 is 10.1 Å². The molecule has 0 aliphatic carbocycles. The first-order chi connectivity index (χ1) is 15.3. The zero-order chi connectivity index (χ0) is 22.7. The predicted molar refractivity (Wildman–Crippen MR) is 119 cm³/mol. The molecular weight excluding hydrogens is 428 g/mol. The molecule has 0 saturated carbocycles. The highest BCUT2D eigenvalue weighted by Gasteiger charge is 2.18. The van der Waals surface area contributed by atoms with Crippen LogP contribution in [0.3, 0.4) is 0 Å². The molecule has 0 unspecified atom stereocenters. The fourth-order valence-corrected chi connectivity index (χ4v) is 4.45. The van der Waals surface area contributed by atoms with E-state index in [1.165, 1.54) is 24.4 Å². The molecule has 2 aromatic heterocycles. The van der Waals surface area contributed by atoms with Gasteiger partial charge in [-0.2, -0.15) is 5.10 Å². The molecule has 0 fully saturated rings. The summed E-state index contributed by atoms with van der Waals surface area (Å²) in [6.45, 7) is 4.01. The van der Waals surface area contributed by atoms with Gasteiger partial charge in [-0.05, 0) is 55.8 Å². The van der Waals surface area contributed by atoms with Crippen molar-refractivity contribution in [1.82, 2.24) is 20.5 Å². The number of nitrogens with one attached hydrogen (secondary N) is 2. The van der Waals surface area contributed by atoms with Gasteiger partial charge in [-0.25, -0.2) is 13.4 Å². The van der Waals surface area contributed by atoms with Crippen LogP contribution in [0.15, 0.2) is 76.8 Å². The van der Waals surface area contributed by atoms with Crippen LogP contribution < -0.4 is 10.1 Å². The summed E-state index contributed by atoms with van der Waals surface area (Å²) >= 11 is 0. The number of aromatic nitrogens is 3. The number of benzene rings is 2. The van der Waals surface area contributed by atoms with Crippen LogP contribution in [0.4, 0.5) is 0 Å². The fourth-order valence-electron chi connectivity index (χ4n) is 3.15. The average Bonchev–Trinajstić information content (AvgIpc) is 3.25. The van der Waals surface area contributed by atoms with Gasteiger partial charge in [0.05, 0.1) is 27.7 Å². The van der Waals surface area contributed by atoms with Gasteiger partial charge in [0.2, 0.25) is 9.84 Å². The minimum absolute atomic E-state index is 0.0557. The number of rotatable bonds is 7. The largest absolute Gasteiger partial charge is 0.491 e. The molecule has 2 N–H and O–H groups in total. The number of nitrogens with zero attached hydrogens (tertiary/aromatic N) is 2. The highest BCUT2D eigenvalue weighted by atomic mass is 32.2. The number of carbonyl (C=O) groups excluding carboxylic acids is 1. The lowest BCUT2D eigenvalue weighted by molar-refractivity contribution is 0.0950. The van der Waals surface area contributed by atoms with Gasteiger partial charge in [0, 0.05) is 18.1 Å². The molecule has 0 radical (unpaired) electrons. The summed E-state index contributed by atoms with van der Waals surface area (Å²) in [5, 5.41) is 10.2. The third kappa shape index (κ3) is 4.62. The Morgan fingerprint density at radius 3 is 2.59 bits per heavy atom. The first-order valence-corrected chi connectivity index (χ1v) is 11.5. The summed E-state index contributed by atoms with van der Waals surface area (Å²) in [4.78, 5) is 16.9. The molecule has 32 heavy (non-hydrogen) atoms. The maximum absolute atomic E-state index is 13.0. The molecule has 4 rings (SSSR count). The summed E-state index contributed by atoms with van der Waals surface area (Å²) in [7, 11) is -3.69. The maximum atomic E-state index is 13.0. The van der Waals surface area contributed by atoms with Crippen molar-refractivity contribution in [3.8, 4) is 5.75 Å². The van der Waals surface area contributed by atoms with Crippen LogP contribution in [-0.4, -0.2) is 35.6 Å². The normalized spacial score (nSPS) is 11.6. The first kappa shape index (κ1) is 21.5. The summed E-state index contributed by atoms with van der Waals surface area (Å²) in [5.74, 6) is 0.225. The zero-order valence-electron chi connectivity index (χ0n) is 17.6. The van der Waals surface area contributed by atoms with Crippen LogP contribution >= 0.6 is 0 Å². The molecule has 4 aromatic rings. The second-order valence-corrected chi connectivity index (χ2v) is 9.45. The molecule has 164 valence electrons. The van der Waals surface area contributed by atoms with Gasteiger partial charge in [0.25, 0.3) is 5.91 Å². The predicted octanol–water partition coefficient (Wildman–Crippen LogP) is 3.51. The minimum Gasteiger partial charge on any atom is -0.491 e. The summed E-state index contributed by atoms with van der Waals surface area (Å²) in [6, 6.07) is 14.6. The van der Waals surface area contributed by atoms with Crippen molar-refractivity contribution in [2.24, 2.45) is 0 Å². The van der Waals surface area contributed by atoms with Gasteiger partial charge in [0.15, 0.2) is 5.65 Å². The standard InChI is InChI=1S/C23H22N4O4S/c1-15(2)31-19-4-3-5-21(11-19)32(29,30)20-8-6-16(7-9-20)12-25-23(28)18-10-17-14-26-27-22(17)24-13-18/h3-11,13-15H,12H2,1-2H3,(H,25,28)(H,24,26,27). The van der Waals surface area contributed by atoms with E-state index in [4.69, 9.17) is 4.74 Å². The molecule has 0 aliphatic heterocycles. The summed E-state index contributed by atoms with van der Waals surface area (Å²) in [5.41, 5.74) is 1.80. The topological polar surface area (TPSA) is 114 Å². The van der Waals surface area contributed by atoms with E-state index in [1.54, 1.807) is 42.6 Å². The summed E-state index contributed by atoms with van der Waals surface area (Å²) < 4.78 is 31.6. The van der Waals surface area contributed by atoms with Crippen LogP contribution in [0.1, 0.15) is 29.8 Å². The van der Waals surface area contributed by atoms with E-state index < -0.39 is 9.84 Å².